The fourth-order valence-corrected chi connectivity index (χ4v) is 2.69. The first-order valence-electron chi connectivity index (χ1n) is 6.70. The molecule has 1 aliphatic heterocycles. The molecule has 6 heteroatoms. The van der Waals surface area contributed by atoms with Crippen LogP contribution in [0.25, 0.3) is 0 Å². The third-order valence-corrected chi connectivity index (χ3v) is 3.68. The van der Waals surface area contributed by atoms with E-state index < -0.39 is 0 Å². The highest BCUT2D eigenvalue weighted by atomic mass is 35.5. The van der Waals surface area contributed by atoms with Gasteiger partial charge in [-0.1, -0.05) is 23.2 Å². The molecule has 2 rings (SSSR count). The molecule has 4 nitrogen and oxygen atoms in total. The van der Waals surface area contributed by atoms with Gasteiger partial charge in [0.25, 0.3) is 5.91 Å². The first-order chi connectivity index (χ1) is 9.63. The normalized spacial score (nSPS) is 18.0. The second-order valence-corrected chi connectivity index (χ2v) is 5.76. The summed E-state index contributed by atoms with van der Waals surface area (Å²) >= 11 is 11.7. The van der Waals surface area contributed by atoms with Crippen LogP contribution in [-0.4, -0.2) is 32.1 Å². The Labute approximate surface area is 128 Å². The molecule has 20 heavy (non-hydrogen) atoms. The highest BCUT2D eigenvalue weighted by Gasteiger charge is 2.14. The van der Waals surface area contributed by atoms with Crippen molar-refractivity contribution in [2.45, 2.75) is 12.8 Å². The molecule has 0 bridgehead atoms. The molecule has 110 valence electrons. The van der Waals surface area contributed by atoms with Crippen LogP contribution in [0.1, 0.15) is 12.8 Å². The van der Waals surface area contributed by atoms with Crippen molar-refractivity contribution in [1.82, 2.24) is 10.6 Å². The summed E-state index contributed by atoms with van der Waals surface area (Å²) in [7, 11) is 0. The second kappa shape index (κ2) is 7.72. The number of carbonyl (C=O) groups excluding carboxylic acids is 1. The average molecular weight is 317 g/mol. The number of nitrogens with one attached hydrogen (secondary N) is 2. The summed E-state index contributed by atoms with van der Waals surface area (Å²) in [6, 6.07) is 4.88. The second-order valence-electron chi connectivity index (χ2n) is 4.89. The highest BCUT2D eigenvalue weighted by Crippen LogP contribution is 2.24. The molecule has 1 atom stereocenters. The summed E-state index contributed by atoms with van der Waals surface area (Å²) in [6.07, 6.45) is 2.19. The molecule has 1 aromatic rings. The molecule has 2 N–H and O–H groups in total. The number of hydrogen-bond acceptors (Lipinski definition) is 3. The molecule has 1 heterocycles. The number of amides is 1. The van der Waals surface area contributed by atoms with Crippen molar-refractivity contribution >= 4 is 29.1 Å². The van der Waals surface area contributed by atoms with Crippen LogP contribution in [0.4, 0.5) is 0 Å². The summed E-state index contributed by atoms with van der Waals surface area (Å²) in [5, 5.41) is 7.13. The quantitative estimate of drug-likeness (QED) is 0.847. The van der Waals surface area contributed by atoms with E-state index in [1.165, 1.54) is 6.42 Å². The fraction of sp³-hybridized carbons (Fsp3) is 0.500. The number of ether oxygens (including phenoxy) is 1. The van der Waals surface area contributed by atoms with Crippen LogP contribution in [0.3, 0.4) is 0 Å². The summed E-state index contributed by atoms with van der Waals surface area (Å²) < 4.78 is 5.36. The maximum atomic E-state index is 11.6. The van der Waals surface area contributed by atoms with Crippen molar-refractivity contribution < 1.29 is 9.53 Å². The molecule has 0 aliphatic carbocycles. The van der Waals surface area contributed by atoms with Crippen LogP contribution in [-0.2, 0) is 4.79 Å². The molecule has 1 aromatic carbocycles. The Morgan fingerprint density at radius 3 is 2.75 bits per heavy atom. The topological polar surface area (TPSA) is 50.4 Å². The molecule has 1 aliphatic rings. The molecule has 0 radical (unpaired) electrons. The number of rotatable bonds is 6. The zero-order valence-electron chi connectivity index (χ0n) is 11.1. The van der Waals surface area contributed by atoms with Gasteiger partial charge in [-0.2, -0.15) is 0 Å². The van der Waals surface area contributed by atoms with Crippen molar-refractivity contribution in [1.29, 1.82) is 0 Å². The third kappa shape index (κ3) is 5.19. The van der Waals surface area contributed by atoms with E-state index in [1.807, 2.05) is 0 Å². The van der Waals surface area contributed by atoms with Crippen molar-refractivity contribution in [2.24, 2.45) is 5.92 Å². The van der Waals surface area contributed by atoms with Crippen LogP contribution >= 0.6 is 23.2 Å². The predicted octanol–water partition coefficient (Wildman–Crippen LogP) is 2.49. The average Bonchev–Trinajstić information content (AvgIpc) is 2.88. The van der Waals surface area contributed by atoms with Gasteiger partial charge in [0.1, 0.15) is 5.75 Å². The molecule has 0 saturated carbocycles. The van der Waals surface area contributed by atoms with E-state index in [1.54, 1.807) is 18.2 Å². The van der Waals surface area contributed by atoms with Crippen molar-refractivity contribution in [3.05, 3.63) is 28.2 Å². The van der Waals surface area contributed by atoms with E-state index in [4.69, 9.17) is 27.9 Å². The minimum Gasteiger partial charge on any atom is -0.484 e. The third-order valence-electron chi connectivity index (χ3n) is 3.24. The minimum absolute atomic E-state index is 0.0282. The first kappa shape index (κ1) is 15.4. The Kier molecular flexibility index (Phi) is 5.95. The van der Waals surface area contributed by atoms with Gasteiger partial charge < -0.3 is 15.4 Å². The number of hydrogen-bond donors (Lipinski definition) is 2. The van der Waals surface area contributed by atoms with E-state index in [0.29, 0.717) is 28.3 Å². The Balaban J connectivity index is 1.66. The lowest BCUT2D eigenvalue weighted by Crippen LogP contribution is -2.30. The number of halogens is 2. The number of carbonyl (C=O) groups is 1. The molecular weight excluding hydrogens is 299 g/mol. The lowest BCUT2D eigenvalue weighted by Gasteiger charge is -2.10. The zero-order chi connectivity index (χ0) is 14.4. The summed E-state index contributed by atoms with van der Waals surface area (Å²) in [6.45, 7) is 2.79. The molecule has 1 unspecified atom stereocenters. The number of benzene rings is 1. The smallest absolute Gasteiger partial charge is 0.257 e. The fourth-order valence-electron chi connectivity index (χ4n) is 2.19. The van der Waals surface area contributed by atoms with Gasteiger partial charge in [-0.15, -0.1) is 0 Å². The van der Waals surface area contributed by atoms with Crippen molar-refractivity contribution in [3.63, 3.8) is 0 Å². The molecule has 0 spiro atoms. The van der Waals surface area contributed by atoms with Crippen LogP contribution in [0.2, 0.25) is 10.0 Å². The maximum Gasteiger partial charge on any atom is 0.257 e. The lowest BCUT2D eigenvalue weighted by atomic mass is 10.1. The summed E-state index contributed by atoms with van der Waals surface area (Å²) in [5.74, 6) is 1.03. The highest BCUT2D eigenvalue weighted by molar-refractivity contribution is 6.34. The summed E-state index contributed by atoms with van der Waals surface area (Å²) in [5.41, 5.74) is 0. The van der Waals surface area contributed by atoms with Gasteiger partial charge in [-0.3, -0.25) is 4.79 Å². The summed E-state index contributed by atoms with van der Waals surface area (Å²) in [4.78, 5) is 11.6. The Hall–Kier alpha value is -0.970. The molecule has 0 aromatic heterocycles. The van der Waals surface area contributed by atoms with Gasteiger partial charge in [-0.05, 0) is 50.0 Å². The van der Waals surface area contributed by atoms with Crippen LogP contribution < -0.4 is 15.4 Å². The van der Waals surface area contributed by atoms with E-state index in [9.17, 15) is 4.79 Å². The van der Waals surface area contributed by atoms with E-state index >= 15 is 0 Å². The van der Waals surface area contributed by atoms with Gasteiger partial charge in [0.05, 0.1) is 0 Å². The largest absolute Gasteiger partial charge is 0.484 e. The predicted molar refractivity (Wildman–Crippen MR) is 80.6 cm³/mol. The SMILES string of the molecule is O=C(COc1cc(Cl)cc(Cl)c1)NCCC1CCNC1. The van der Waals surface area contributed by atoms with Gasteiger partial charge >= 0.3 is 0 Å². The zero-order valence-corrected chi connectivity index (χ0v) is 12.6. The maximum absolute atomic E-state index is 11.6. The Bertz CT molecular complexity index is 442. The van der Waals surface area contributed by atoms with Crippen LogP contribution in [0, 0.1) is 5.92 Å². The van der Waals surface area contributed by atoms with Crippen molar-refractivity contribution in [2.75, 3.05) is 26.2 Å². The first-order valence-corrected chi connectivity index (χ1v) is 7.45. The molecule has 1 amide bonds. The van der Waals surface area contributed by atoms with E-state index in [-0.39, 0.29) is 12.5 Å². The van der Waals surface area contributed by atoms with Crippen LogP contribution in [0.15, 0.2) is 18.2 Å². The Morgan fingerprint density at radius 2 is 2.10 bits per heavy atom. The Morgan fingerprint density at radius 1 is 1.35 bits per heavy atom. The molecular formula is C14H18Cl2N2O2. The minimum atomic E-state index is -0.132. The van der Waals surface area contributed by atoms with Gasteiger partial charge in [0.15, 0.2) is 6.61 Å². The van der Waals surface area contributed by atoms with Gasteiger partial charge in [0, 0.05) is 16.6 Å². The van der Waals surface area contributed by atoms with Gasteiger partial charge in [0.2, 0.25) is 0 Å². The van der Waals surface area contributed by atoms with Crippen molar-refractivity contribution in [3.8, 4) is 5.75 Å². The van der Waals surface area contributed by atoms with Gasteiger partial charge in [-0.25, -0.2) is 0 Å². The van der Waals surface area contributed by atoms with E-state index in [2.05, 4.69) is 10.6 Å². The molecule has 1 fully saturated rings. The monoisotopic (exact) mass is 316 g/mol. The standard InChI is InChI=1S/C14H18Cl2N2O2/c15-11-5-12(16)7-13(6-11)20-9-14(19)18-4-2-10-1-3-17-8-10/h5-7,10,17H,1-4,8-9H2,(H,18,19). The van der Waals surface area contributed by atoms with E-state index in [0.717, 1.165) is 19.5 Å². The lowest BCUT2D eigenvalue weighted by molar-refractivity contribution is -0.123. The van der Waals surface area contributed by atoms with Crippen LogP contribution in [0.5, 0.6) is 5.75 Å². The molecule has 1 saturated heterocycles.